The number of rotatable bonds is 7. The molecule has 168 valence electrons. The number of aromatic nitrogens is 1. The number of benzene rings is 3. The van der Waals surface area contributed by atoms with Crippen molar-refractivity contribution in [3.8, 4) is 0 Å². The Kier molecular flexibility index (Phi) is 6.78. The molecule has 1 aromatic heterocycles. The van der Waals surface area contributed by atoms with Gasteiger partial charge in [-0.2, -0.15) is 0 Å². The zero-order valence-electron chi connectivity index (χ0n) is 17.6. The van der Waals surface area contributed by atoms with E-state index in [-0.39, 0.29) is 15.5 Å². The first kappa shape index (κ1) is 23.0. The predicted octanol–water partition coefficient (Wildman–Crippen LogP) is 5.46. The zero-order valence-corrected chi connectivity index (χ0v) is 20.0. The maximum absolute atomic E-state index is 13.1. The van der Waals surface area contributed by atoms with Crippen LogP contribution in [-0.2, 0) is 16.4 Å². The van der Waals surface area contributed by atoms with E-state index in [0.29, 0.717) is 17.2 Å². The number of carbonyl (C=O) groups excluding carboxylic acids is 1. The SMILES string of the molecule is CN(c1ccccc1)S(=O)(=O)c1ccc(Cl)c(C(=O)Nc2ncc(Cc3ccccc3)s2)c1. The van der Waals surface area contributed by atoms with Gasteiger partial charge in [0.05, 0.1) is 21.2 Å². The fourth-order valence-corrected chi connectivity index (χ4v) is 5.45. The number of halogens is 1. The molecule has 6 nitrogen and oxygen atoms in total. The van der Waals surface area contributed by atoms with Crippen LogP contribution in [0.4, 0.5) is 10.8 Å². The fraction of sp³-hybridized carbons (Fsp3) is 0.0833. The van der Waals surface area contributed by atoms with E-state index in [1.807, 2.05) is 30.3 Å². The van der Waals surface area contributed by atoms with Gasteiger partial charge in [0.1, 0.15) is 0 Å². The molecule has 0 saturated carbocycles. The highest BCUT2D eigenvalue weighted by Crippen LogP contribution is 2.27. The van der Waals surface area contributed by atoms with E-state index in [9.17, 15) is 13.2 Å². The summed E-state index contributed by atoms with van der Waals surface area (Å²) in [5.74, 6) is -0.528. The van der Waals surface area contributed by atoms with E-state index in [4.69, 9.17) is 11.6 Å². The number of para-hydroxylation sites is 1. The number of thiazole rings is 1. The maximum Gasteiger partial charge on any atom is 0.264 e. The average molecular weight is 498 g/mol. The second kappa shape index (κ2) is 9.74. The van der Waals surface area contributed by atoms with Crippen molar-refractivity contribution in [3.05, 3.63) is 106 Å². The summed E-state index contributed by atoms with van der Waals surface area (Å²) in [7, 11) is -2.43. The summed E-state index contributed by atoms with van der Waals surface area (Å²) in [4.78, 5) is 18.1. The van der Waals surface area contributed by atoms with Gasteiger partial charge >= 0.3 is 0 Å². The van der Waals surface area contributed by atoms with E-state index >= 15 is 0 Å². The van der Waals surface area contributed by atoms with Gasteiger partial charge in [0.2, 0.25) is 0 Å². The third kappa shape index (κ3) is 5.24. The highest BCUT2D eigenvalue weighted by Gasteiger charge is 2.24. The Hall–Kier alpha value is -3.20. The Morgan fingerprint density at radius 3 is 2.39 bits per heavy atom. The van der Waals surface area contributed by atoms with Gasteiger partial charge in [-0.25, -0.2) is 13.4 Å². The first-order valence-electron chi connectivity index (χ1n) is 9.98. The minimum absolute atomic E-state index is 0.0349. The molecular weight excluding hydrogens is 478 g/mol. The highest BCUT2D eigenvalue weighted by atomic mass is 35.5. The molecule has 4 aromatic rings. The molecular formula is C24H20ClN3O3S2. The van der Waals surface area contributed by atoms with E-state index in [1.165, 1.54) is 36.6 Å². The largest absolute Gasteiger partial charge is 0.298 e. The fourth-order valence-electron chi connectivity index (χ4n) is 3.18. The van der Waals surface area contributed by atoms with Crippen molar-refractivity contribution in [2.45, 2.75) is 11.3 Å². The molecule has 9 heteroatoms. The van der Waals surface area contributed by atoms with Gasteiger partial charge in [-0.1, -0.05) is 60.1 Å². The number of anilines is 2. The molecule has 33 heavy (non-hydrogen) atoms. The molecule has 1 N–H and O–H groups in total. The van der Waals surface area contributed by atoms with E-state index in [1.54, 1.807) is 36.5 Å². The lowest BCUT2D eigenvalue weighted by Crippen LogP contribution is -2.27. The summed E-state index contributed by atoms with van der Waals surface area (Å²) in [6, 6.07) is 22.7. The van der Waals surface area contributed by atoms with E-state index < -0.39 is 15.9 Å². The van der Waals surface area contributed by atoms with E-state index in [2.05, 4.69) is 10.3 Å². The number of hydrogen-bond acceptors (Lipinski definition) is 5. The lowest BCUT2D eigenvalue weighted by atomic mass is 10.1. The molecule has 0 radical (unpaired) electrons. The second-order valence-electron chi connectivity index (χ2n) is 7.20. The summed E-state index contributed by atoms with van der Waals surface area (Å²) in [6.07, 6.45) is 2.42. The predicted molar refractivity (Wildman–Crippen MR) is 133 cm³/mol. The van der Waals surface area contributed by atoms with Crippen molar-refractivity contribution in [2.24, 2.45) is 0 Å². The number of amides is 1. The van der Waals surface area contributed by atoms with Crippen molar-refractivity contribution in [3.63, 3.8) is 0 Å². The lowest BCUT2D eigenvalue weighted by Gasteiger charge is -2.20. The number of sulfonamides is 1. The molecule has 0 aliphatic rings. The maximum atomic E-state index is 13.1. The summed E-state index contributed by atoms with van der Waals surface area (Å²) >= 11 is 7.59. The number of nitrogens with one attached hydrogen (secondary N) is 1. The molecule has 0 spiro atoms. The number of hydrogen-bond donors (Lipinski definition) is 1. The van der Waals surface area contributed by atoms with Gasteiger partial charge in [-0.3, -0.25) is 14.4 Å². The minimum atomic E-state index is -3.89. The topological polar surface area (TPSA) is 79.4 Å². The van der Waals surface area contributed by atoms with Gasteiger partial charge < -0.3 is 0 Å². The molecule has 0 aliphatic heterocycles. The molecule has 3 aromatic carbocycles. The summed E-state index contributed by atoms with van der Waals surface area (Å²) < 4.78 is 27.4. The van der Waals surface area contributed by atoms with Crippen molar-refractivity contribution in [2.75, 3.05) is 16.7 Å². The van der Waals surface area contributed by atoms with Crippen molar-refractivity contribution >= 4 is 49.7 Å². The number of nitrogens with zero attached hydrogens (tertiary/aromatic N) is 2. The van der Waals surface area contributed by atoms with Crippen LogP contribution in [0.25, 0.3) is 0 Å². The molecule has 1 heterocycles. The Morgan fingerprint density at radius 2 is 1.70 bits per heavy atom. The molecule has 0 fully saturated rings. The van der Waals surface area contributed by atoms with Crippen LogP contribution in [0.2, 0.25) is 5.02 Å². The Labute approximate surface area is 201 Å². The van der Waals surface area contributed by atoms with Gasteiger partial charge in [-0.15, -0.1) is 11.3 Å². The Morgan fingerprint density at radius 1 is 1.03 bits per heavy atom. The van der Waals surface area contributed by atoms with Crippen LogP contribution >= 0.6 is 22.9 Å². The van der Waals surface area contributed by atoms with Gasteiger partial charge in [0.25, 0.3) is 15.9 Å². The molecule has 0 bridgehead atoms. The van der Waals surface area contributed by atoms with Crippen LogP contribution in [0, 0.1) is 0 Å². The second-order valence-corrected chi connectivity index (χ2v) is 10.7. The van der Waals surface area contributed by atoms with Crippen molar-refractivity contribution in [1.29, 1.82) is 0 Å². The molecule has 0 aliphatic carbocycles. The highest BCUT2D eigenvalue weighted by molar-refractivity contribution is 7.92. The number of carbonyl (C=O) groups is 1. The normalized spacial score (nSPS) is 11.2. The smallest absolute Gasteiger partial charge is 0.264 e. The quantitative estimate of drug-likeness (QED) is 0.367. The van der Waals surface area contributed by atoms with Gasteiger partial charge in [0.15, 0.2) is 5.13 Å². The van der Waals surface area contributed by atoms with Crippen LogP contribution in [0.5, 0.6) is 0 Å². The van der Waals surface area contributed by atoms with Gasteiger partial charge in [-0.05, 0) is 35.9 Å². The standard InChI is InChI=1S/C24H20ClN3O3S2/c1-28(18-10-6-3-7-11-18)33(30,31)20-12-13-22(25)21(15-20)23(29)27-24-26-16-19(32-24)14-17-8-4-2-5-9-17/h2-13,15-16H,14H2,1H3,(H,26,27,29). The molecule has 0 saturated heterocycles. The monoisotopic (exact) mass is 497 g/mol. The third-order valence-corrected chi connectivity index (χ3v) is 7.98. The molecule has 1 amide bonds. The zero-order chi connectivity index (χ0) is 23.4. The van der Waals surface area contributed by atoms with E-state index in [0.717, 1.165) is 14.7 Å². The first-order valence-corrected chi connectivity index (χ1v) is 12.6. The molecule has 4 rings (SSSR count). The van der Waals surface area contributed by atoms with Crippen LogP contribution in [0.3, 0.4) is 0 Å². The lowest BCUT2D eigenvalue weighted by molar-refractivity contribution is 0.102. The minimum Gasteiger partial charge on any atom is -0.298 e. The Balaban J connectivity index is 1.54. The van der Waals surface area contributed by atoms with Crippen LogP contribution in [0.1, 0.15) is 20.8 Å². The van der Waals surface area contributed by atoms with Crippen LogP contribution in [-0.4, -0.2) is 26.4 Å². The van der Waals surface area contributed by atoms with Crippen molar-refractivity contribution in [1.82, 2.24) is 4.98 Å². The molecule has 0 unspecified atom stereocenters. The van der Waals surface area contributed by atoms with Crippen LogP contribution < -0.4 is 9.62 Å². The first-order chi connectivity index (χ1) is 15.8. The van der Waals surface area contributed by atoms with Crippen LogP contribution in [0.15, 0.2) is 90.0 Å². The molecule has 0 atom stereocenters. The van der Waals surface area contributed by atoms with Gasteiger partial charge in [0, 0.05) is 24.5 Å². The summed E-state index contributed by atoms with van der Waals surface area (Å²) in [5, 5.41) is 3.28. The summed E-state index contributed by atoms with van der Waals surface area (Å²) in [6.45, 7) is 0. The van der Waals surface area contributed by atoms with Crippen molar-refractivity contribution < 1.29 is 13.2 Å². The average Bonchev–Trinajstić information content (AvgIpc) is 3.26. The summed E-state index contributed by atoms with van der Waals surface area (Å²) in [5.41, 5.74) is 1.70. The third-order valence-electron chi connectivity index (χ3n) is 4.96. The Bertz CT molecular complexity index is 1370.